The summed E-state index contributed by atoms with van der Waals surface area (Å²) in [4.78, 5) is 0. The molecular formula is C13H21NO3. The zero-order chi connectivity index (χ0) is 12.3. The van der Waals surface area contributed by atoms with E-state index in [1.165, 1.54) is 5.56 Å². The van der Waals surface area contributed by atoms with Crippen LogP contribution in [-0.2, 0) is 20.6 Å². The fourth-order valence-electron chi connectivity index (χ4n) is 1.44. The Morgan fingerprint density at radius 2 is 1.88 bits per heavy atom. The smallest absolute Gasteiger partial charge is 0.146 e. The molecule has 1 rings (SSSR count). The molecule has 0 saturated carbocycles. The standard InChI is InChI=1S/C13H21NO3/c1-15-7-8-16-11-17-10-13(14)9-12-5-3-2-4-6-12/h2-6,13H,7-11,14H2,1H3/t13-/m1/s1. The molecular weight excluding hydrogens is 218 g/mol. The first kappa shape index (κ1) is 14.1. The average molecular weight is 239 g/mol. The van der Waals surface area contributed by atoms with E-state index in [-0.39, 0.29) is 12.8 Å². The SMILES string of the molecule is COCCOCOC[C@H](N)Cc1ccccc1. The van der Waals surface area contributed by atoms with E-state index in [1.807, 2.05) is 18.2 Å². The molecule has 4 heteroatoms. The van der Waals surface area contributed by atoms with Crippen LogP contribution in [0.15, 0.2) is 30.3 Å². The van der Waals surface area contributed by atoms with E-state index in [9.17, 15) is 0 Å². The molecule has 0 saturated heterocycles. The monoisotopic (exact) mass is 239 g/mol. The van der Waals surface area contributed by atoms with Crippen molar-refractivity contribution in [2.24, 2.45) is 5.73 Å². The second kappa shape index (κ2) is 9.13. The Morgan fingerprint density at radius 3 is 2.59 bits per heavy atom. The van der Waals surface area contributed by atoms with Crippen LogP contribution >= 0.6 is 0 Å². The highest BCUT2D eigenvalue weighted by Crippen LogP contribution is 2.01. The lowest BCUT2D eigenvalue weighted by Crippen LogP contribution is -2.29. The predicted octanol–water partition coefficient (Wildman–Crippen LogP) is 1.19. The molecule has 0 spiro atoms. The van der Waals surface area contributed by atoms with Crippen LogP contribution in [0.2, 0.25) is 0 Å². The van der Waals surface area contributed by atoms with Gasteiger partial charge >= 0.3 is 0 Å². The molecule has 0 amide bonds. The summed E-state index contributed by atoms with van der Waals surface area (Å²) in [6.07, 6.45) is 0.818. The number of ether oxygens (including phenoxy) is 3. The van der Waals surface area contributed by atoms with Crippen LogP contribution in [0, 0.1) is 0 Å². The first-order valence-electron chi connectivity index (χ1n) is 5.77. The van der Waals surface area contributed by atoms with Gasteiger partial charge in [0.1, 0.15) is 6.79 Å². The highest BCUT2D eigenvalue weighted by Gasteiger charge is 2.03. The second-order valence-electron chi connectivity index (χ2n) is 3.84. The van der Waals surface area contributed by atoms with Gasteiger partial charge in [0.15, 0.2) is 0 Å². The van der Waals surface area contributed by atoms with E-state index in [2.05, 4.69) is 12.1 Å². The fraction of sp³-hybridized carbons (Fsp3) is 0.538. The van der Waals surface area contributed by atoms with Gasteiger partial charge in [0.25, 0.3) is 0 Å². The van der Waals surface area contributed by atoms with Gasteiger partial charge in [-0.05, 0) is 12.0 Å². The number of hydrogen-bond acceptors (Lipinski definition) is 4. The second-order valence-corrected chi connectivity index (χ2v) is 3.84. The fourth-order valence-corrected chi connectivity index (χ4v) is 1.44. The average Bonchev–Trinajstić information content (AvgIpc) is 2.35. The number of hydrogen-bond donors (Lipinski definition) is 1. The Morgan fingerprint density at radius 1 is 1.12 bits per heavy atom. The predicted molar refractivity (Wildman–Crippen MR) is 66.8 cm³/mol. The van der Waals surface area contributed by atoms with Crippen molar-refractivity contribution in [2.75, 3.05) is 33.7 Å². The van der Waals surface area contributed by atoms with Gasteiger partial charge in [0.05, 0.1) is 19.8 Å². The van der Waals surface area contributed by atoms with Crippen LogP contribution in [0.4, 0.5) is 0 Å². The molecule has 2 N–H and O–H groups in total. The summed E-state index contributed by atoms with van der Waals surface area (Å²) >= 11 is 0. The Bertz CT molecular complexity index is 279. The van der Waals surface area contributed by atoms with Gasteiger partial charge < -0.3 is 19.9 Å². The Balaban J connectivity index is 2.03. The van der Waals surface area contributed by atoms with Crippen molar-refractivity contribution in [1.82, 2.24) is 0 Å². The molecule has 0 radical (unpaired) electrons. The summed E-state index contributed by atoms with van der Waals surface area (Å²) in [5.74, 6) is 0. The maximum Gasteiger partial charge on any atom is 0.146 e. The quantitative estimate of drug-likeness (QED) is 0.519. The zero-order valence-electron chi connectivity index (χ0n) is 10.3. The number of benzene rings is 1. The van der Waals surface area contributed by atoms with Crippen molar-refractivity contribution < 1.29 is 14.2 Å². The molecule has 96 valence electrons. The van der Waals surface area contributed by atoms with Crippen LogP contribution in [-0.4, -0.2) is 39.8 Å². The lowest BCUT2D eigenvalue weighted by molar-refractivity contribution is -0.0687. The number of rotatable bonds is 9. The number of nitrogens with two attached hydrogens (primary N) is 1. The van der Waals surface area contributed by atoms with Crippen molar-refractivity contribution in [3.63, 3.8) is 0 Å². The summed E-state index contributed by atoms with van der Waals surface area (Å²) < 4.78 is 15.3. The molecule has 1 aromatic rings. The molecule has 0 fully saturated rings. The van der Waals surface area contributed by atoms with Crippen molar-refractivity contribution in [1.29, 1.82) is 0 Å². The van der Waals surface area contributed by atoms with Gasteiger partial charge in [-0.15, -0.1) is 0 Å². The third-order valence-corrected chi connectivity index (χ3v) is 2.27. The first-order chi connectivity index (χ1) is 8.33. The lowest BCUT2D eigenvalue weighted by Gasteiger charge is -2.12. The van der Waals surface area contributed by atoms with Crippen LogP contribution in [0.5, 0.6) is 0 Å². The van der Waals surface area contributed by atoms with Crippen LogP contribution in [0.25, 0.3) is 0 Å². The molecule has 1 atom stereocenters. The summed E-state index contributed by atoms with van der Waals surface area (Å²) in [6.45, 7) is 1.90. The Hall–Kier alpha value is -0.940. The molecule has 0 heterocycles. The molecule has 4 nitrogen and oxygen atoms in total. The van der Waals surface area contributed by atoms with Gasteiger partial charge in [-0.2, -0.15) is 0 Å². The molecule has 1 aromatic carbocycles. The van der Waals surface area contributed by atoms with Gasteiger partial charge in [0.2, 0.25) is 0 Å². The zero-order valence-corrected chi connectivity index (χ0v) is 10.3. The van der Waals surface area contributed by atoms with E-state index < -0.39 is 0 Å². The third-order valence-electron chi connectivity index (χ3n) is 2.27. The summed E-state index contributed by atoms with van der Waals surface area (Å²) in [5, 5.41) is 0. The van der Waals surface area contributed by atoms with E-state index in [0.29, 0.717) is 19.8 Å². The van der Waals surface area contributed by atoms with E-state index in [1.54, 1.807) is 7.11 Å². The minimum Gasteiger partial charge on any atom is -0.382 e. The van der Waals surface area contributed by atoms with E-state index in [4.69, 9.17) is 19.9 Å². The summed E-state index contributed by atoms with van der Waals surface area (Å²) in [7, 11) is 1.64. The van der Waals surface area contributed by atoms with Crippen molar-refractivity contribution >= 4 is 0 Å². The highest BCUT2D eigenvalue weighted by molar-refractivity contribution is 5.15. The van der Waals surface area contributed by atoms with Crippen molar-refractivity contribution in [3.8, 4) is 0 Å². The minimum absolute atomic E-state index is 0.00317. The normalized spacial score (nSPS) is 12.6. The number of methoxy groups -OCH3 is 1. The topological polar surface area (TPSA) is 53.7 Å². The lowest BCUT2D eigenvalue weighted by atomic mass is 10.1. The minimum atomic E-state index is 0.00317. The van der Waals surface area contributed by atoms with E-state index >= 15 is 0 Å². The Labute approximate surface area is 103 Å². The van der Waals surface area contributed by atoms with Crippen molar-refractivity contribution in [2.45, 2.75) is 12.5 Å². The largest absolute Gasteiger partial charge is 0.382 e. The van der Waals surface area contributed by atoms with Gasteiger partial charge in [0, 0.05) is 13.2 Å². The summed E-state index contributed by atoms with van der Waals surface area (Å²) in [5.41, 5.74) is 7.17. The maximum atomic E-state index is 5.94. The van der Waals surface area contributed by atoms with Crippen molar-refractivity contribution in [3.05, 3.63) is 35.9 Å². The Kier molecular flexibility index (Phi) is 7.58. The highest BCUT2D eigenvalue weighted by atomic mass is 16.7. The first-order valence-corrected chi connectivity index (χ1v) is 5.77. The molecule has 0 aliphatic rings. The van der Waals surface area contributed by atoms with Crippen LogP contribution in [0.3, 0.4) is 0 Å². The summed E-state index contributed by atoms with van der Waals surface area (Å²) in [6, 6.07) is 10.1. The van der Waals surface area contributed by atoms with Gasteiger partial charge in [-0.3, -0.25) is 0 Å². The van der Waals surface area contributed by atoms with Crippen LogP contribution in [0.1, 0.15) is 5.56 Å². The molecule has 0 aliphatic carbocycles. The molecule has 17 heavy (non-hydrogen) atoms. The molecule has 0 unspecified atom stereocenters. The van der Waals surface area contributed by atoms with Crippen LogP contribution < -0.4 is 5.73 Å². The van der Waals surface area contributed by atoms with Gasteiger partial charge in [-0.25, -0.2) is 0 Å². The van der Waals surface area contributed by atoms with Gasteiger partial charge in [-0.1, -0.05) is 30.3 Å². The van der Waals surface area contributed by atoms with E-state index in [0.717, 1.165) is 6.42 Å². The maximum absolute atomic E-state index is 5.94. The molecule has 0 aromatic heterocycles. The molecule has 0 bridgehead atoms. The third kappa shape index (κ3) is 7.07. The molecule has 0 aliphatic heterocycles.